The van der Waals surface area contributed by atoms with Crippen LogP contribution in [0.5, 0.6) is 0 Å². The molecule has 0 atom stereocenters. The number of dihydropyridines is 1. The fourth-order valence-corrected chi connectivity index (χ4v) is 3.06. The second-order valence-electron chi connectivity index (χ2n) is 6.80. The number of aryl methyl sites for hydroxylation is 1. The van der Waals surface area contributed by atoms with Crippen molar-refractivity contribution in [3.05, 3.63) is 46.5 Å². The van der Waals surface area contributed by atoms with Gasteiger partial charge in [-0.15, -0.1) is 0 Å². The third-order valence-corrected chi connectivity index (χ3v) is 4.67. The van der Waals surface area contributed by atoms with Gasteiger partial charge in [0.05, 0.1) is 12.6 Å². The molecule has 3 nitrogen and oxygen atoms in total. The second kappa shape index (κ2) is 8.36. The van der Waals surface area contributed by atoms with E-state index in [0.29, 0.717) is 12.0 Å². The normalized spacial score (nSPS) is 14.9. The van der Waals surface area contributed by atoms with Crippen molar-refractivity contribution in [1.29, 1.82) is 0 Å². The van der Waals surface area contributed by atoms with E-state index in [9.17, 15) is 0 Å². The van der Waals surface area contributed by atoms with Gasteiger partial charge < -0.3 is 10.1 Å². The average molecular weight is 329 g/mol. The smallest absolute Gasteiger partial charge is 0.116 e. The van der Waals surface area contributed by atoms with E-state index in [0.717, 1.165) is 43.0 Å². The van der Waals surface area contributed by atoms with Gasteiger partial charge in [0.25, 0.3) is 0 Å². The molecule has 24 heavy (non-hydrogen) atoms. The first-order chi connectivity index (χ1) is 11.5. The summed E-state index contributed by atoms with van der Waals surface area (Å²) in [6.07, 6.45) is 5.60. The van der Waals surface area contributed by atoms with Crippen LogP contribution in [0.1, 0.15) is 76.8 Å². The molecule has 3 heteroatoms. The number of pyridine rings is 1. The van der Waals surface area contributed by atoms with Crippen molar-refractivity contribution >= 4 is 5.70 Å². The molecule has 1 aliphatic rings. The van der Waals surface area contributed by atoms with Gasteiger partial charge in [0.1, 0.15) is 5.76 Å². The standard InChI is InChI=1S/C21H32N2O/c1-7-16-12-18(24-17(8-2)9-3)13-22-21(16)19-10-11-20(14(4)5)23-15(19)6/h10-12,14,17,22H,7-9,13H2,1-6H3. The number of hydrogen-bond acceptors (Lipinski definition) is 3. The molecule has 0 bridgehead atoms. The van der Waals surface area contributed by atoms with Crippen LogP contribution in [0.3, 0.4) is 0 Å². The third-order valence-electron chi connectivity index (χ3n) is 4.67. The zero-order chi connectivity index (χ0) is 17.7. The monoisotopic (exact) mass is 328 g/mol. The Bertz CT molecular complexity index is 625. The summed E-state index contributed by atoms with van der Waals surface area (Å²) in [5, 5.41) is 3.58. The van der Waals surface area contributed by atoms with Crippen LogP contribution < -0.4 is 5.32 Å². The van der Waals surface area contributed by atoms with E-state index >= 15 is 0 Å². The van der Waals surface area contributed by atoms with Gasteiger partial charge in [0.15, 0.2) is 0 Å². The summed E-state index contributed by atoms with van der Waals surface area (Å²) in [6.45, 7) is 13.8. The number of rotatable bonds is 7. The van der Waals surface area contributed by atoms with E-state index in [-0.39, 0.29) is 0 Å². The van der Waals surface area contributed by atoms with Gasteiger partial charge in [0.2, 0.25) is 0 Å². The first kappa shape index (κ1) is 18.6. The Labute approximate surface area is 147 Å². The van der Waals surface area contributed by atoms with Crippen LogP contribution in [0, 0.1) is 6.92 Å². The molecule has 2 heterocycles. The number of nitrogens with one attached hydrogen (secondary N) is 1. The molecule has 1 aromatic heterocycles. The minimum Gasteiger partial charge on any atom is -0.493 e. The molecule has 0 saturated heterocycles. The van der Waals surface area contributed by atoms with Crippen LogP contribution in [0.15, 0.2) is 29.5 Å². The highest BCUT2D eigenvalue weighted by Crippen LogP contribution is 2.28. The quantitative estimate of drug-likeness (QED) is 0.735. The van der Waals surface area contributed by atoms with Crippen molar-refractivity contribution in [3.8, 4) is 0 Å². The van der Waals surface area contributed by atoms with E-state index in [4.69, 9.17) is 9.72 Å². The summed E-state index contributed by atoms with van der Waals surface area (Å²) >= 11 is 0. The predicted molar refractivity (Wildman–Crippen MR) is 102 cm³/mol. The SMILES string of the molecule is CCC1=C(c2ccc(C(C)C)nc2C)NCC(OC(CC)CC)=C1. The fourth-order valence-electron chi connectivity index (χ4n) is 3.06. The van der Waals surface area contributed by atoms with Gasteiger partial charge in [-0.1, -0.05) is 34.6 Å². The van der Waals surface area contributed by atoms with Crippen molar-refractivity contribution in [2.75, 3.05) is 6.54 Å². The Morgan fingerprint density at radius 1 is 1.17 bits per heavy atom. The number of allylic oxidation sites excluding steroid dienone is 2. The molecule has 2 rings (SSSR count). The van der Waals surface area contributed by atoms with Crippen LogP contribution in [-0.4, -0.2) is 17.6 Å². The molecule has 1 aromatic rings. The lowest BCUT2D eigenvalue weighted by Crippen LogP contribution is -2.25. The molecular weight excluding hydrogens is 296 g/mol. The van der Waals surface area contributed by atoms with Crippen LogP contribution >= 0.6 is 0 Å². The first-order valence-electron chi connectivity index (χ1n) is 9.32. The second-order valence-corrected chi connectivity index (χ2v) is 6.80. The van der Waals surface area contributed by atoms with Crippen LogP contribution in [0.2, 0.25) is 0 Å². The molecule has 132 valence electrons. The summed E-state index contributed by atoms with van der Waals surface area (Å²) in [7, 11) is 0. The Morgan fingerprint density at radius 3 is 2.42 bits per heavy atom. The zero-order valence-corrected chi connectivity index (χ0v) is 16.1. The van der Waals surface area contributed by atoms with E-state index in [1.165, 1.54) is 16.8 Å². The number of nitrogens with zero attached hydrogens (tertiary/aromatic N) is 1. The maximum Gasteiger partial charge on any atom is 0.116 e. The highest BCUT2D eigenvalue weighted by molar-refractivity contribution is 5.72. The molecular formula is C21H32N2O. The van der Waals surface area contributed by atoms with Gasteiger partial charge in [-0.25, -0.2) is 0 Å². The molecule has 1 aliphatic heterocycles. The van der Waals surface area contributed by atoms with Gasteiger partial charge in [-0.3, -0.25) is 4.98 Å². The molecule has 0 spiro atoms. The number of aromatic nitrogens is 1. The maximum atomic E-state index is 6.14. The molecule has 0 unspecified atom stereocenters. The predicted octanol–water partition coefficient (Wildman–Crippen LogP) is 5.33. The molecule has 0 fully saturated rings. The Morgan fingerprint density at radius 2 is 1.88 bits per heavy atom. The minimum absolute atomic E-state index is 0.312. The third kappa shape index (κ3) is 4.19. The zero-order valence-electron chi connectivity index (χ0n) is 16.1. The molecule has 1 N–H and O–H groups in total. The van der Waals surface area contributed by atoms with Crippen molar-refractivity contribution in [3.63, 3.8) is 0 Å². The minimum atomic E-state index is 0.312. The Kier molecular flexibility index (Phi) is 6.47. The lowest BCUT2D eigenvalue weighted by Gasteiger charge is -2.26. The summed E-state index contributed by atoms with van der Waals surface area (Å²) < 4.78 is 6.14. The average Bonchev–Trinajstić information content (AvgIpc) is 2.59. The van der Waals surface area contributed by atoms with Crippen molar-refractivity contribution in [1.82, 2.24) is 10.3 Å². The maximum absolute atomic E-state index is 6.14. The fraction of sp³-hybridized carbons (Fsp3) is 0.571. The van der Waals surface area contributed by atoms with Gasteiger partial charge in [0, 0.05) is 22.6 Å². The van der Waals surface area contributed by atoms with E-state index < -0.39 is 0 Å². The van der Waals surface area contributed by atoms with Crippen molar-refractivity contribution in [2.45, 2.75) is 72.8 Å². The highest BCUT2D eigenvalue weighted by atomic mass is 16.5. The summed E-state index contributed by atoms with van der Waals surface area (Å²) in [4.78, 5) is 4.78. The summed E-state index contributed by atoms with van der Waals surface area (Å²) in [5.74, 6) is 1.50. The van der Waals surface area contributed by atoms with Gasteiger partial charge >= 0.3 is 0 Å². The van der Waals surface area contributed by atoms with E-state index in [1.807, 2.05) is 0 Å². The number of hydrogen-bond donors (Lipinski definition) is 1. The van der Waals surface area contributed by atoms with Crippen LogP contribution in [0.25, 0.3) is 5.70 Å². The lowest BCUT2D eigenvalue weighted by molar-refractivity contribution is 0.105. The Balaban J connectivity index is 2.32. The van der Waals surface area contributed by atoms with Gasteiger partial charge in [-0.05, 0) is 55.9 Å². The highest BCUT2D eigenvalue weighted by Gasteiger charge is 2.18. The van der Waals surface area contributed by atoms with Crippen molar-refractivity contribution < 1.29 is 4.74 Å². The topological polar surface area (TPSA) is 34.2 Å². The van der Waals surface area contributed by atoms with E-state index in [2.05, 4.69) is 65.1 Å². The first-order valence-corrected chi connectivity index (χ1v) is 9.32. The molecule has 0 saturated carbocycles. The summed E-state index contributed by atoms with van der Waals surface area (Å²) in [6, 6.07) is 4.35. The van der Waals surface area contributed by atoms with Crippen molar-refractivity contribution in [2.24, 2.45) is 0 Å². The molecule has 0 aromatic carbocycles. The van der Waals surface area contributed by atoms with Gasteiger partial charge in [-0.2, -0.15) is 0 Å². The molecule has 0 amide bonds. The largest absolute Gasteiger partial charge is 0.493 e. The molecule has 0 aliphatic carbocycles. The molecule has 0 radical (unpaired) electrons. The lowest BCUT2D eigenvalue weighted by atomic mass is 9.98. The summed E-state index contributed by atoms with van der Waals surface area (Å²) in [5.41, 5.74) is 5.94. The Hall–Kier alpha value is -1.77. The van der Waals surface area contributed by atoms with Crippen LogP contribution in [-0.2, 0) is 4.74 Å². The van der Waals surface area contributed by atoms with E-state index in [1.54, 1.807) is 0 Å². The number of ether oxygens (including phenoxy) is 1. The van der Waals surface area contributed by atoms with Crippen LogP contribution in [0.4, 0.5) is 0 Å².